The Hall–Kier alpha value is -0.760. The highest BCUT2D eigenvalue weighted by Gasteiger charge is 2.59. The molecule has 4 aliphatic rings. The predicted octanol–water partition coefficient (Wildman–Crippen LogP) is 4.43. The average Bonchev–Trinajstić information content (AvgIpc) is 2.68. The van der Waals surface area contributed by atoms with Gasteiger partial charge in [0.05, 0.1) is 6.54 Å². The topological polar surface area (TPSA) is 25.2 Å². The van der Waals surface area contributed by atoms with Gasteiger partial charge in [0.25, 0.3) is 0 Å². The van der Waals surface area contributed by atoms with Crippen LogP contribution in [0.3, 0.4) is 0 Å². The molecule has 0 aliphatic heterocycles. The molecular formula is C18H27NO. The van der Waals surface area contributed by atoms with Gasteiger partial charge in [0.1, 0.15) is 11.5 Å². The minimum absolute atomic E-state index is 0.379. The third-order valence-electron chi connectivity index (χ3n) is 6.06. The zero-order valence-electron chi connectivity index (χ0n) is 13.1. The summed E-state index contributed by atoms with van der Waals surface area (Å²) in [6, 6.07) is 4.19. The fraction of sp³-hybridized carbons (Fsp3) is 0.778. The fourth-order valence-corrected chi connectivity index (χ4v) is 6.50. The lowest BCUT2D eigenvalue weighted by atomic mass is 9.43. The molecule has 2 nitrogen and oxygen atoms in total. The van der Waals surface area contributed by atoms with Crippen molar-refractivity contribution in [3.8, 4) is 0 Å². The summed E-state index contributed by atoms with van der Waals surface area (Å²) in [5.41, 5.74) is 1.55. The van der Waals surface area contributed by atoms with Gasteiger partial charge in [0.15, 0.2) is 0 Å². The van der Waals surface area contributed by atoms with Gasteiger partial charge in [-0.2, -0.15) is 0 Å². The fourth-order valence-electron chi connectivity index (χ4n) is 6.50. The van der Waals surface area contributed by atoms with Crippen molar-refractivity contribution in [2.75, 3.05) is 0 Å². The molecule has 4 fully saturated rings. The molecule has 1 aromatic heterocycles. The lowest BCUT2D eigenvalue weighted by Gasteiger charge is -2.65. The maximum absolute atomic E-state index is 5.73. The van der Waals surface area contributed by atoms with Gasteiger partial charge in [-0.15, -0.1) is 0 Å². The summed E-state index contributed by atoms with van der Waals surface area (Å²) in [7, 11) is 0. The van der Waals surface area contributed by atoms with Crippen LogP contribution in [0.2, 0.25) is 0 Å². The van der Waals surface area contributed by atoms with E-state index in [1.165, 1.54) is 38.5 Å². The Bertz CT molecular complexity index is 513. The van der Waals surface area contributed by atoms with Crippen molar-refractivity contribution >= 4 is 0 Å². The van der Waals surface area contributed by atoms with E-state index >= 15 is 0 Å². The van der Waals surface area contributed by atoms with E-state index < -0.39 is 0 Å². The molecule has 0 amide bonds. The van der Waals surface area contributed by atoms with Gasteiger partial charge in [-0.05, 0) is 74.3 Å². The van der Waals surface area contributed by atoms with Crippen LogP contribution in [0.1, 0.15) is 63.9 Å². The van der Waals surface area contributed by atoms with Crippen LogP contribution in [-0.4, -0.2) is 5.54 Å². The number of hydrogen-bond donors (Lipinski definition) is 1. The Morgan fingerprint density at radius 2 is 1.80 bits per heavy atom. The molecule has 0 radical (unpaired) electrons. The second kappa shape index (κ2) is 3.91. The van der Waals surface area contributed by atoms with E-state index in [0.29, 0.717) is 16.4 Å². The number of aryl methyl sites for hydroxylation is 1. The molecular weight excluding hydrogens is 246 g/mol. The Kier molecular flexibility index (Phi) is 2.53. The molecule has 4 bridgehead atoms. The molecule has 4 saturated carbocycles. The number of furan rings is 1. The van der Waals surface area contributed by atoms with Crippen molar-refractivity contribution in [3.05, 3.63) is 23.7 Å². The Balaban J connectivity index is 1.55. The van der Waals surface area contributed by atoms with Gasteiger partial charge >= 0.3 is 0 Å². The summed E-state index contributed by atoms with van der Waals surface area (Å²) in [6.45, 7) is 7.98. The van der Waals surface area contributed by atoms with E-state index in [1.54, 1.807) is 0 Å². The van der Waals surface area contributed by atoms with Crippen LogP contribution in [0, 0.1) is 23.7 Å². The molecule has 20 heavy (non-hydrogen) atoms. The van der Waals surface area contributed by atoms with Gasteiger partial charge in [-0.25, -0.2) is 0 Å². The molecule has 2 unspecified atom stereocenters. The summed E-state index contributed by atoms with van der Waals surface area (Å²) >= 11 is 0. The Morgan fingerprint density at radius 3 is 2.35 bits per heavy atom. The summed E-state index contributed by atoms with van der Waals surface area (Å²) in [5, 5.41) is 3.91. The first-order valence-electron chi connectivity index (χ1n) is 8.18. The number of hydrogen-bond acceptors (Lipinski definition) is 2. The summed E-state index contributed by atoms with van der Waals surface area (Å²) in [6.07, 6.45) is 8.49. The molecule has 1 aromatic rings. The van der Waals surface area contributed by atoms with Crippen molar-refractivity contribution in [1.29, 1.82) is 0 Å². The van der Waals surface area contributed by atoms with Crippen LogP contribution < -0.4 is 5.32 Å². The highest BCUT2D eigenvalue weighted by atomic mass is 16.3. The smallest absolute Gasteiger partial charge is 0.117 e. The molecule has 1 N–H and O–H groups in total. The lowest BCUT2D eigenvalue weighted by molar-refractivity contribution is -0.118. The number of nitrogens with one attached hydrogen (secondary N) is 1. The second-order valence-corrected chi connectivity index (χ2v) is 8.78. The normalized spacial score (nSPS) is 46.0. The molecule has 110 valence electrons. The van der Waals surface area contributed by atoms with E-state index in [4.69, 9.17) is 4.42 Å². The summed E-state index contributed by atoms with van der Waals surface area (Å²) in [4.78, 5) is 0. The van der Waals surface area contributed by atoms with E-state index in [9.17, 15) is 0 Å². The summed E-state index contributed by atoms with van der Waals surface area (Å²) in [5.74, 6) is 3.06. The van der Waals surface area contributed by atoms with E-state index in [0.717, 1.165) is 24.0 Å². The Labute approximate surface area is 122 Å². The van der Waals surface area contributed by atoms with E-state index in [-0.39, 0.29) is 0 Å². The second-order valence-electron chi connectivity index (χ2n) is 8.78. The molecule has 2 atom stereocenters. The molecule has 5 rings (SSSR count). The van der Waals surface area contributed by atoms with E-state index in [2.05, 4.69) is 31.3 Å². The zero-order valence-corrected chi connectivity index (χ0v) is 13.1. The van der Waals surface area contributed by atoms with Gasteiger partial charge in [-0.3, -0.25) is 0 Å². The third-order valence-corrected chi connectivity index (χ3v) is 6.06. The molecule has 1 heterocycles. The van der Waals surface area contributed by atoms with Crippen molar-refractivity contribution in [1.82, 2.24) is 5.32 Å². The third kappa shape index (κ3) is 2.04. The maximum atomic E-state index is 5.73. The van der Waals surface area contributed by atoms with Crippen LogP contribution >= 0.6 is 0 Å². The summed E-state index contributed by atoms with van der Waals surface area (Å²) < 4.78 is 5.73. The quantitative estimate of drug-likeness (QED) is 0.881. The van der Waals surface area contributed by atoms with Crippen LogP contribution in [0.15, 0.2) is 16.5 Å². The van der Waals surface area contributed by atoms with Crippen LogP contribution in [-0.2, 0) is 6.54 Å². The van der Waals surface area contributed by atoms with E-state index in [1.807, 2.05) is 6.92 Å². The van der Waals surface area contributed by atoms with Crippen LogP contribution in [0.4, 0.5) is 0 Å². The van der Waals surface area contributed by atoms with Crippen molar-refractivity contribution in [2.24, 2.45) is 16.7 Å². The van der Waals surface area contributed by atoms with Crippen molar-refractivity contribution in [2.45, 2.75) is 71.4 Å². The SMILES string of the molecule is Cc1ccc(CNC23CC4CC(C)(CC(C)(C4)C2)C3)o1. The van der Waals surface area contributed by atoms with Crippen LogP contribution in [0.5, 0.6) is 0 Å². The molecule has 0 saturated heterocycles. The lowest BCUT2D eigenvalue weighted by Crippen LogP contribution is -2.63. The monoisotopic (exact) mass is 273 g/mol. The minimum atomic E-state index is 0.379. The van der Waals surface area contributed by atoms with Gasteiger partial charge in [-0.1, -0.05) is 13.8 Å². The zero-order chi connectivity index (χ0) is 14.0. The largest absolute Gasteiger partial charge is 0.465 e. The average molecular weight is 273 g/mol. The molecule has 2 heteroatoms. The Morgan fingerprint density at radius 1 is 1.10 bits per heavy atom. The highest BCUT2D eigenvalue weighted by Crippen LogP contribution is 2.66. The van der Waals surface area contributed by atoms with Gasteiger partial charge < -0.3 is 9.73 Å². The number of rotatable bonds is 3. The van der Waals surface area contributed by atoms with Crippen LogP contribution in [0.25, 0.3) is 0 Å². The minimum Gasteiger partial charge on any atom is -0.465 e. The first kappa shape index (κ1) is 12.9. The van der Waals surface area contributed by atoms with Crippen molar-refractivity contribution < 1.29 is 4.42 Å². The van der Waals surface area contributed by atoms with Crippen molar-refractivity contribution in [3.63, 3.8) is 0 Å². The first-order chi connectivity index (χ1) is 9.38. The standard InChI is InChI=1S/C18H27NO/c1-13-4-5-15(20-13)9-19-18-8-14-6-16(2,11-18)10-17(3,7-14)12-18/h4-5,14,19H,6-12H2,1-3H3. The van der Waals surface area contributed by atoms with Gasteiger partial charge in [0.2, 0.25) is 0 Å². The molecule has 4 aliphatic carbocycles. The maximum Gasteiger partial charge on any atom is 0.117 e. The molecule has 0 aromatic carbocycles. The van der Waals surface area contributed by atoms with Gasteiger partial charge in [0, 0.05) is 5.54 Å². The highest BCUT2D eigenvalue weighted by molar-refractivity contribution is 5.15. The predicted molar refractivity (Wildman–Crippen MR) is 80.4 cm³/mol. The first-order valence-corrected chi connectivity index (χ1v) is 8.18. The molecule has 0 spiro atoms.